The number of rotatable bonds is 2. The van der Waals surface area contributed by atoms with Crippen LogP contribution in [0.3, 0.4) is 0 Å². The van der Waals surface area contributed by atoms with Gasteiger partial charge >= 0.3 is 5.97 Å². The van der Waals surface area contributed by atoms with E-state index in [0.717, 1.165) is 12.0 Å². The lowest BCUT2D eigenvalue weighted by atomic mass is 10.1. The normalized spacial score (nSPS) is 19.0. The highest BCUT2D eigenvalue weighted by Gasteiger charge is 2.34. The molecule has 1 aliphatic rings. The summed E-state index contributed by atoms with van der Waals surface area (Å²) in [4.78, 5) is 24.8. The highest BCUT2D eigenvalue weighted by Crippen LogP contribution is 2.23. The van der Waals surface area contributed by atoms with Crippen LogP contribution in [0.25, 0.3) is 0 Å². The number of carboxylic acid groups (broad SMARTS) is 1. The fourth-order valence-electron chi connectivity index (χ4n) is 2.25. The molecular weight excluding hydrogens is 254 g/mol. The summed E-state index contributed by atoms with van der Waals surface area (Å²) in [6, 6.07) is 4.36. The van der Waals surface area contributed by atoms with Crippen molar-refractivity contribution in [3.05, 3.63) is 34.3 Å². The lowest BCUT2D eigenvalue weighted by molar-refractivity contribution is -0.141. The summed E-state index contributed by atoms with van der Waals surface area (Å²) in [5.74, 6) is -1.19. The molecule has 0 saturated carbocycles. The number of carbonyl (C=O) groups is 2. The van der Waals surface area contributed by atoms with E-state index < -0.39 is 12.0 Å². The Morgan fingerprint density at radius 2 is 2.17 bits per heavy atom. The summed E-state index contributed by atoms with van der Waals surface area (Å²) >= 11 is 5.88. The van der Waals surface area contributed by atoms with Crippen molar-refractivity contribution >= 4 is 23.5 Å². The molecule has 4 nitrogen and oxygen atoms in total. The second-order valence-corrected chi connectivity index (χ2v) is 4.89. The molecule has 1 N–H and O–H groups in total. The maximum Gasteiger partial charge on any atom is 0.326 e. The molecule has 1 aromatic carbocycles. The molecule has 0 radical (unpaired) electrons. The number of hydrogen-bond acceptors (Lipinski definition) is 2. The van der Waals surface area contributed by atoms with Crippen LogP contribution in [0.4, 0.5) is 0 Å². The fraction of sp³-hybridized carbons (Fsp3) is 0.385. The second-order valence-electron chi connectivity index (χ2n) is 4.45. The molecule has 1 fully saturated rings. The molecule has 0 aliphatic carbocycles. The van der Waals surface area contributed by atoms with Crippen molar-refractivity contribution in [3.63, 3.8) is 0 Å². The second kappa shape index (κ2) is 4.98. The van der Waals surface area contributed by atoms with E-state index >= 15 is 0 Å². The van der Waals surface area contributed by atoms with Crippen molar-refractivity contribution in [1.82, 2.24) is 4.90 Å². The highest BCUT2D eigenvalue weighted by atomic mass is 35.5. The number of carbonyl (C=O) groups excluding carboxylic acids is 1. The van der Waals surface area contributed by atoms with Crippen LogP contribution in [0.5, 0.6) is 0 Å². The summed E-state index contributed by atoms with van der Waals surface area (Å²) in [6.07, 6.45) is 1.24. The van der Waals surface area contributed by atoms with Gasteiger partial charge in [-0.1, -0.05) is 17.7 Å². The average molecular weight is 268 g/mol. The Hall–Kier alpha value is -1.55. The molecule has 1 heterocycles. The van der Waals surface area contributed by atoms with Gasteiger partial charge in [-0.15, -0.1) is 0 Å². The van der Waals surface area contributed by atoms with Crippen LogP contribution in [-0.4, -0.2) is 34.5 Å². The van der Waals surface area contributed by atoms with E-state index in [1.807, 2.05) is 6.92 Å². The smallest absolute Gasteiger partial charge is 0.326 e. The molecule has 1 atom stereocenters. The Morgan fingerprint density at radius 3 is 2.83 bits per heavy atom. The van der Waals surface area contributed by atoms with E-state index in [-0.39, 0.29) is 5.91 Å². The SMILES string of the molecule is Cc1ccc(Cl)cc1C(=O)N1CCC[C@@H]1C(=O)O. The lowest BCUT2D eigenvalue weighted by Crippen LogP contribution is -2.40. The predicted molar refractivity (Wildman–Crippen MR) is 67.9 cm³/mol. The van der Waals surface area contributed by atoms with Crippen LogP contribution in [0, 0.1) is 6.92 Å². The summed E-state index contributed by atoms with van der Waals surface area (Å²) in [5.41, 5.74) is 1.29. The standard InChI is InChI=1S/C13H14ClNO3/c1-8-4-5-9(14)7-10(8)12(16)15-6-2-3-11(15)13(17)18/h4-5,7,11H,2-3,6H2,1H3,(H,17,18)/t11-/m1/s1. The van der Waals surface area contributed by atoms with Gasteiger partial charge in [0.2, 0.25) is 0 Å². The van der Waals surface area contributed by atoms with Crippen molar-refractivity contribution < 1.29 is 14.7 Å². The van der Waals surface area contributed by atoms with Gasteiger partial charge in [0.1, 0.15) is 6.04 Å². The Kier molecular flexibility index (Phi) is 3.57. The first-order valence-electron chi connectivity index (χ1n) is 5.80. The minimum Gasteiger partial charge on any atom is -0.480 e. The molecular formula is C13H14ClNO3. The molecule has 2 rings (SSSR count). The molecule has 0 aromatic heterocycles. The van der Waals surface area contributed by atoms with Gasteiger partial charge in [-0.3, -0.25) is 4.79 Å². The number of benzene rings is 1. The summed E-state index contributed by atoms with van der Waals surface area (Å²) in [7, 11) is 0. The van der Waals surface area contributed by atoms with Crippen LogP contribution in [0.2, 0.25) is 5.02 Å². The molecule has 0 spiro atoms. The number of likely N-dealkylation sites (tertiary alicyclic amines) is 1. The van der Waals surface area contributed by atoms with Gasteiger partial charge < -0.3 is 10.0 Å². The maximum absolute atomic E-state index is 12.3. The molecule has 1 amide bonds. The third-order valence-corrected chi connectivity index (χ3v) is 3.46. The first kappa shape index (κ1) is 12.9. The van der Waals surface area contributed by atoms with E-state index in [1.165, 1.54) is 4.90 Å². The van der Waals surface area contributed by atoms with Gasteiger partial charge in [0, 0.05) is 17.1 Å². The van der Waals surface area contributed by atoms with Crippen molar-refractivity contribution in [1.29, 1.82) is 0 Å². The largest absolute Gasteiger partial charge is 0.480 e. The van der Waals surface area contributed by atoms with Crippen molar-refractivity contribution in [2.75, 3.05) is 6.54 Å². The van der Waals surface area contributed by atoms with Crippen LogP contribution in [-0.2, 0) is 4.79 Å². The van der Waals surface area contributed by atoms with Crippen LogP contribution in [0.1, 0.15) is 28.8 Å². The summed E-state index contributed by atoms with van der Waals surface area (Å²) in [6.45, 7) is 2.30. The number of carboxylic acids is 1. The van der Waals surface area contributed by atoms with Crippen LogP contribution in [0.15, 0.2) is 18.2 Å². The zero-order chi connectivity index (χ0) is 13.3. The Morgan fingerprint density at radius 1 is 1.44 bits per heavy atom. The minimum atomic E-state index is -0.944. The van der Waals surface area contributed by atoms with Gasteiger partial charge in [0.25, 0.3) is 5.91 Å². The first-order chi connectivity index (χ1) is 8.50. The lowest BCUT2D eigenvalue weighted by Gasteiger charge is -2.22. The number of aryl methyl sites for hydroxylation is 1. The molecule has 1 saturated heterocycles. The van der Waals surface area contributed by atoms with E-state index in [1.54, 1.807) is 18.2 Å². The maximum atomic E-state index is 12.3. The topological polar surface area (TPSA) is 57.6 Å². The zero-order valence-electron chi connectivity index (χ0n) is 10.0. The van der Waals surface area contributed by atoms with Gasteiger partial charge in [0.05, 0.1) is 0 Å². The van der Waals surface area contributed by atoms with E-state index in [2.05, 4.69) is 0 Å². The average Bonchev–Trinajstić information content (AvgIpc) is 2.80. The van der Waals surface area contributed by atoms with Gasteiger partial charge in [0.15, 0.2) is 0 Å². The molecule has 1 aromatic rings. The van der Waals surface area contributed by atoms with Crippen molar-refractivity contribution in [2.24, 2.45) is 0 Å². The number of halogens is 1. The van der Waals surface area contributed by atoms with Crippen molar-refractivity contribution in [2.45, 2.75) is 25.8 Å². The first-order valence-corrected chi connectivity index (χ1v) is 6.18. The minimum absolute atomic E-state index is 0.250. The molecule has 0 bridgehead atoms. The quantitative estimate of drug-likeness (QED) is 0.895. The van der Waals surface area contributed by atoms with E-state index in [0.29, 0.717) is 23.6 Å². The molecule has 18 heavy (non-hydrogen) atoms. The molecule has 1 aliphatic heterocycles. The predicted octanol–water partition coefficient (Wildman–Crippen LogP) is 2.34. The van der Waals surface area contributed by atoms with Crippen LogP contribution >= 0.6 is 11.6 Å². The summed E-state index contributed by atoms with van der Waals surface area (Å²) in [5, 5.41) is 9.56. The number of amides is 1. The van der Waals surface area contributed by atoms with E-state index in [9.17, 15) is 9.59 Å². The Bertz CT molecular complexity index is 501. The Balaban J connectivity index is 2.31. The van der Waals surface area contributed by atoms with Gasteiger partial charge in [-0.05, 0) is 37.5 Å². The molecule has 96 valence electrons. The van der Waals surface area contributed by atoms with Crippen LogP contribution < -0.4 is 0 Å². The number of hydrogen-bond donors (Lipinski definition) is 1. The molecule has 0 unspecified atom stereocenters. The number of nitrogens with zero attached hydrogens (tertiary/aromatic N) is 1. The molecule has 5 heteroatoms. The third-order valence-electron chi connectivity index (χ3n) is 3.23. The third kappa shape index (κ3) is 2.34. The zero-order valence-corrected chi connectivity index (χ0v) is 10.8. The van der Waals surface area contributed by atoms with Gasteiger partial charge in [-0.2, -0.15) is 0 Å². The monoisotopic (exact) mass is 267 g/mol. The fourth-order valence-corrected chi connectivity index (χ4v) is 2.42. The van der Waals surface area contributed by atoms with E-state index in [4.69, 9.17) is 16.7 Å². The highest BCUT2D eigenvalue weighted by molar-refractivity contribution is 6.31. The Labute approximate surface area is 110 Å². The summed E-state index contributed by atoms with van der Waals surface area (Å²) < 4.78 is 0. The van der Waals surface area contributed by atoms with Crippen molar-refractivity contribution in [3.8, 4) is 0 Å². The van der Waals surface area contributed by atoms with Gasteiger partial charge in [-0.25, -0.2) is 4.79 Å². The number of aliphatic carboxylic acids is 1.